The van der Waals surface area contributed by atoms with Crippen molar-refractivity contribution in [2.24, 2.45) is 0 Å². The summed E-state index contributed by atoms with van der Waals surface area (Å²) < 4.78 is 5.17. The molecule has 0 aliphatic heterocycles. The molecule has 0 aliphatic carbocycles. The number of amides is 1. The van der Waals surface area contributed by atoms with Crippen LogP contribution in [0.3, 0.4) is 0 Å². The van der Waals surface area contributed by atoms with Gasteiger partial charge in [-0.15, -0.1) is 11.3 Å². The number of hydrogen-bond donors (Lipinski definition) is 1. The minimum Gasteiger partial charge on any atom is -0.462 e. The molecule has 0 atom stereocenters. The third kappa shape index (κ3) is 4.20. The molecule has 1 N–H and O–H groups in total. The fourth-order valence-electron chi connectivity index (χ4n) is 2.25. The Morgan fingerprint density at radius 1 is 1.35 bits per heavy atom. The molecule has 1 aromatic carbocycles. The van der Waals surface area contributed by atoms with E-state index in [0.29, 0.717) is 17.0 Å². The molecule has 1 aromatic heterocycles. The normalized spacial score (nSPS) is 10.5. The Morgan fingerprint density at radius 2 is 2.04 bits per heavy atom. The number of esters is 1. The number of nitrogens with zero attached hydrogens (tertiary/aromatic N) is 1. The van der Waals surface area contributed by atoms with Crippen molar-refractivity contribution in [1.82, 2.24) is 0 Å². The molecule has 0 aliphatic rings. The third-order valence-electron chi connectivity index (χ3n) is 3.65. The van der Waals surface area contributed by atoms with Gasteiger partial charge in [0, 0.05) is 16.0 Å². The molecular weight excluding hydrogens is 380 g/mol. The Labute approximate surface area is 159 Å². The molecule has 1 heterocycles. The van der Waals surface area contributed by atoms with Gasteiger partial charge in [0.2, 0.25) is 0 Å². The predicted octanol–water partition coefficient (Wildman–Crippen LogP) is 4.75. The molecule has 1 amide bonds. The first-order chi connectivity index (χ1) is 12.3. The van der Waals surface area contributed by atoms with Crippen molar-refractivity contribution in [3.8, 4) is 0 Å². The number of thiophene rings is 1. The maximum Gasteiger partial charge on any atom is 0.341 e. The minimum atomic E-state index is -0.695. The van der Waals surface area contributed by atoms with Crippen LogP contribution in [0.25, 0.3) is 0 Å². The second kappa shape index (κ2) is 8.29. The maximum absolute atomic E-state index is 12.6. The van der Waals surface area contributed by atoms with Crippen LogP contribution in [0.5, 0.6) is 0 Å². The molecule has 0 fully saturated rings. The number of benzene rings is 1. The van der Waals surface area contributed by atoms with Gasteiger partial charge >= 0.3 is 5.97 Å². The Balaban J connectivity index is 2.37. The molecule has 2 aromatic rings. The van der Waals surface area contributed by atoms with Crippen LogP contribution in [0.1, 0.15) is 44.5 Å². The summed E-state index contributed by atoms with van der Waals surface area (Å²) in [6, 6.07) is 3.78. The molecule has 0 saturated heterocycles. The van der Waals surface area contributed by atoms with E-state index in [1.807, 2.05) is 13.8 Å². The van der Waals surface area contributed by atoms with E-state index >= 15 is 0 Å². The molecule has 0 saturated carbocycles. The van der Waals surface area contributed by atoms with Crippen molar-refractivity contribution in [2.75, 3.05) is 11.9 Å². The predicted molar refractivity (Wildman–Crippen MR) is 100 cm³/mol. The van der Waals surface area contributed by atoms with E-state index < -0.39 is 22.5 Å². The van der Waals surface area contributed by atoms with Gasteiger partial charge in [0.05, 0.1) is 17.1 Å². The summed E-state index contributed by atoms with van der Waals surface area (Å²) in [7, 11) is 0. The quantitative estimate of drug-likeness (QED) is 0.431. The number of carbonyl (C=O) groups is 2. The first-order valence-corrected chi connectivity index (χ1v) is 8.98. The van der Waals surface area contributed by atoms with Gasteiger partial charge in [-0.1, -0.05) is 18.5 Å². The second-order valence-electron chi connectivity index (χ2n) is 5.50. The molecule has 0 bridgehead atoms. The lowest BCUT2D eigenvalue weighted by Gasteiger charge is -2.08. The van der Waals surface area contributed by atoms with Crippen molar-refractivity contribution in [3.63, 3.8) is 0 Å². The number of anilines is 1. The molecule has 0 unspecified atom stereocenters. The van der Waals surface area contributed by atoms with E-state index in [1.54, 1.807) is 6.92 Å². The van der Waals surface area contributed by atoms with Crippen LogP contribution in [0.2, 0.25) is 5.02 Å². The zero-order valence-electron chi connectivity index (χ0n) is 14.4. The minimum absolute atomic E-state index is 0.143. The average molecular weight is 397 g/mol. The summed E-state index contributed by atoms with van der Waals surface area (Å²) in [5, 5.41) is 14.2. The van der Waals surface area contributed by atoms with Crippen molar-refractivity contribution < 1.29 is 19.2 Å². The summed E-state index contributed by atoms with van der Waals surface area (Å²) in [6.45, 7) is 5.72. The van der Waals surface area contributed by atoms with E-state index in [-0.39, 0.29) is 22.8 Å². The lowest BCUT2D eigenvalue weighted by molar-refractivity contribution is -0.385. The van der Waals surface area contributed by atoms with Crippen LogP contribution in [-0.2, 0) is 4.74 Å². The standard InChI is InChI=1S/C17H17ClN2O5S/c1-4-7-25-17(22)14-9(2)10(3)26-16(14)19-15(21)12-6-5-11(18)8-13(12)20(23)24/h5-6,8H,4,7H2,1-3H3,(H,19,21). The van der Waals surface area contributed by atoms with Gasteiger partial charge in [0.15, 0.2) is 0 Å². The zero-order chi connectivity index (χ0) is 19.4. The SMILES string of the molecule is CCCOC(=O)c1c(NC(=O)c2ccc(Cl)cc2[N+](=O)[O-])sc(C)c1C. The van der Waals surface area contributed by atoms with Gasteiger partial charge in [0.25, 0.3) is 11.6 Å². The first-order valence-electron chi connectivity index (χ1n) is 7.78. The fourth-order valence-corrected chi connectivity index (χ4v) is 3.46. The average Bonchev–Trinajstić information content (AvgIpc) is 2.86. The van der Waals surface area contributed by atoms with Crippen molar-refractivity contribution in [3.05, 3.63) is 54.9 Å². The molecule has 9 heteroatoms. The number of hydrogen-bond acceptors (Lipinski definition) is 6. The maximum atomic E-state index is 12.6. The Kier molecular flexibility index (Phi) is 6.33. The zero-order valence-corrected chi connectivity index (χ0v) is 16.0. The van der Waals surface area contributed by atoms with E-state index in [0.717, 1.165) is 10.9 Å². The van der Waals surface area contributed by atoms with Crippen LogP contribution >= 0.6 is 22.9 Å². The molecular formula is C17H17ClN2O5S. The van der Waals surface area contributed by atoms with E-state index in [4.69, 9.17) is 16.3 Å². The number of carbonyl (C=O) groups excluding carboxylic acids is 2. The van der Waals surface area contributed by atoms with Crippen molar-refractivity contribution in [2.45, 2.75) is 27.2 Å². The lowest BCUT2D eigenvalue weighted by atomic mass is 10.1. The first kappa shape index (κ1) is 19.9. The highest BCUT2D eigenvalue weighted by Crippen LogP contribution is 2.34. The van der Waals surface area contributed by atoms with Crippen molar-refractivity contribution in [1.29, 1.82) is 0 Å². The molecule has 0 radical (unpaired) electrons. The highest BCUT2D eigenvalue weighted by atomic mass is 35.5. The molecule has 26 heavy (non-hydrogen) atoms. The highest BCUT2D eigenvalue weighted by molar-refractivity contribution is 7.16. The summed E-state index contributed by atoms with van der Waals surface area (Å²) in [5.74, 6) is -1.23. The van der Waals surface area contributed by atoms with Gasteiger partial charge in [0.1, 0.15) is 10.6 Å². The van der Waals surface area contributed by atoms with Crippen LogP contribution < -0.4 is 5.32 Å². The van der Waals surface area contributed by atoms with E-state index in [9.17, 15) is 19.7 Å². The number of nitrogens with one attached hydrogen (secondary N) is 1. The number of nitro groups is 1. The summed E-state index contributed by atoms with van der Waals surface area (Å²) in [5.41, 5.74) is 0.425. The molecule has 2 rings (SSSR count). The van der Waals surface area contributed by atoms with Gasteiger partial charge in [-0.3, -0.25) is 14.9 Å². The van der Waals surface area contributed by atoms with Gasteiger partial charge in [-0.25, -0.2) is 4.79 Å². The van der Waals surface area contributed by atoms with Gasteiger partial charge < -0.3 is 10.1 Å². The number of rotatable bonds is 6. The Morgan fingerprint density at radius 3 is 2.65 bits per heavy atom. The Hall–Kier alpha value is -2.45. The molecule has 0 spiro atoms. The number of nitro benzene ring substituents is 1. The second-order valence-corrected chi connectivity index (χ2v) is 7.16. The number of halogens is 1. The van der Waals surface area contributed by atoms with Crippen LogP contribution in [-0.4, -0.2) is 23.4 Å². The van der Waals surface area contributed by atoms with Crippen LogP contribution in [0.15, 0.2) is 18.2 Å². The molecule has 7 nitrogen and oxygen atoms in total. The fraction of sp³-hybridized carbons (Fsp3) is 0.294. The number of aryl methyl sites for hydroxylation is 1. The topological polar surface area (TPSA) is 98.5 Å². The monoisotopic (exact) mass is 396 g/mol. The molecule has 138 valence electrons. The van der Waals surface area contributed by atoms with Crippen molar-refractivity contribution >= 4 is 45.5 Å². The largest absolute Gasteiger partial charge is 0.462 e. The lowest BCUT2D eigenvalue weighted by Crippen LogP contribution is -2.16. The third-order valence-corrected chi connectivity index (χ3v) is 5.01. The van der Waals surface area contributed by atoms with Gasteiger partial charge in [-0.2, -0.15) is 0 Å². The summed E-state index contributed by atoms with van der Waals surface area (Å²) in [4.78, 5) is 36.2. The van der Waals surface area contributed by atoms with E-state index in [1.165, 1.54) is 23.5 Å². The van der Waals surface area contributed by atoms with Crippen LogP contribution in [0.4, 0.5) is 10.7 Å². The highest BCUT2D eigenvalue weighted by Gasteiger charge is 2.25. The summed E-state index contributed by atoms with van der Waals surface area (Å²) in [6.07, 6.45) is 0.673. The smallest absolute Gasteiger partial charge is 0.341 e. The Bertz CT molecular complexity index is 878. The number of ether oxygens (including phenoxy) is 1. The van der Waals surface area contributed by atoms with E-state index in [2.05, 4.69) is 5.32 Å². The van der Waals surface area contributed by atoms with Crippen LogP contribution in [0, 0.1) is 24.0 Å². The summed E-state index contributed by atoms with van der Waals surface area (Å²) >= 11 is 6.98. The van der Waals surface area contributed by atoms with Gasteiger partial charge in [-0.05, 0) is 38.0 Å².